The predicted octanol–water partition coefficient (Wildman–Crippen LogP) is 3.53. The molecule has 144 valence electrons. The quantitative estimate of drug-likeness (QED) is 0.406. The van der Waals surface area contributed by atoms with Crippen LogP contribution in [0.2, 0.25) is 5.02 Å². The second-order valence-corrected chi connectivity index (χ2v) is 6.24. The van der Waals surface area contributed by atoms with E-state index in [2.05, 4.69) is 21.8 Å². The maximum absolute atomic E-state index is 11.9. The lowest BCUT2D eigenvalue weighted by Gasteiger charge is -2.07. The zero-order valence-electron chi connectivity index (χ0n) is 15.4. The van der Waals surface area contributed by atoms with Crippen molar-refractivity contribution in [1.29, 1.82) is 0 Å². The molecule has 0 aromatic heterocycles. The predicted molar refractivity (Wildman–Crippen MR) is 111 cm³/mol. The normalized spacial score (nSPS) is 10.3. The second-order valence-electron chi connectivity index (χ2n) is 5.84. The molecule has 0 spiro atoms. The van der Waals surface area contributed by atoms with Crippen LogP contribution >= 0.6 is 11.6 Å². The molecule has 0 unspecified atom stereocenters. The van der Waals surface area contributed by atoms with E-state index in [1.54, 1.807) is 24.3 Å². The van der Waals surface area contributed by atoms with Crippen molar-refractivity contribution in [3.8, 4) is 18.1 Å². The Balaban J connectivity index is 1.79. The molecule has 0 bridgehead atoms. The lowest BCUT2D eigenvalue weighted by atomic mass is 10.2. The average Bonchev–Trinajstić information content (AvgIpc) is 2.68. The summed E-state index contributed by atoms with van der Waals surface area (Å²) in [5.41, 5.74) is 4.56. The smallest absolute Gasteiger partial charge is 0.240 e. The van der Waals surface area contributed by atoms with Crippen molar-refractivity contribution in [2.24, 2.45) is 5.10 Å². The van der Waals surface area contributed by atoms with E-state index in [0.717, 1.165) is 5.56 Å². The van der Waals surface area contributed by atoms with E-state index in [1.165, 1.54) is 6.21 Å². The number of aryl methyl sites for hydroxylation is 1. The third-order valence-corrected chi connectivity index (χ3v) is 4.06. The fourth-order valence-electron chi connectivity index (χ4n) is 2.19. The van der Waals surface area contributed by atoms with Crippen LogP contribution in [-0.2, 0) is 9.59 Å². The maximum atomic E-state index is 11.9. The number of ether oxygens (including phenoxy) is 1. The zero-order chi connectivity index (χ0) is 20.4. The van der Waals surface area contributed by atoms with Gasteiger partial charge in [-0.05, 0) is 36.8 Å². The number of anilines is 1. The highest BCUT2D eigenvalue weighted by Crippen LogP contribution is 2.20. The Morgan fingerprint density at radius 2 is 1.96 bits per heavy atom. The van der Waals surface area contributed by atoms with Gasteiger partial charge in [-0.3, -0.25) is 9.59 Å². The minimum Gasteiger partial charge on any atom is -0.480 e. The van der Waals surface area contributed by atoms with Crippen LogP contribution in [-0.4, -0.2) is 24.6 Å². The van der Waals surface area contributed by atoms with Gasteiger partial charge in [0.05, 0.1) is 6.21 Å². The Labute approximate surface area is 168 Å². The molecule has 0 aliphatic heterocycles. The van der Waals surface area contributed by atoms with Crippen molar-refractivity contribution < 1.29 is 14.3 Å². The molecule has 0 fully saturated rings. The number of hydrogen-bond donors (Lipinski definition) is 2. The zero-order valence-corrected chi connectivity index (χ0v) is 16.1. The highest BCUT2D eigenvalue weighted by molar-refractivity contribution is 6.31. The highest BCUT2D eigenvalue weighted by atomic mass is 35.5. The van der Waals surface area contributed by atoms with Gasteiger partial charge in [0, 0.05) is 29.1 Å². The van der Waals surface area contributed by atoms with Crippen LogP contribution in [0.25, 0.3) is 0 Å². The first-order valence-corrected chi connectivity index (χ1v) is 8.90. The van der Waals surface area contributed by atoms with Crippen molar-refractivity contribution in [2.75, 3.05) is 11.9 Å². The summed E-state index contributed by atoms with van der Waals surface area (Å²) in [4.78, 5) is 23.8. The molecule has 2 N–H and O–H groups in total. The van der Waals surface area contributed by atoms with Crippen molar-refractivity contribution in [3.63, 3.8) is 0 Å². The number of carbonyl (C=O) groups is 2. The molecule has 0 aliphatic rings. The summed E-state index contributed by atoms with van der Waals surface area (Å²) in [6.07, 6.45) is 6.66. The molecule has 28 heavy (non-hydrogen) atoms. The first-order chi connectivity index (χ1) is 13.5. The van der Waals surface area contributed by atoms with Gasteiger partial charge >= 0.3 is 0 Å². The number of rotatable bonds is 8. The van der Waals surface area contributed by atoms with Crippen molar-refractivity contribution in [2.45, 2.75) is 19.8 Å². The van der Waals surface area contributed by atoms with Gasteiger partial charge in [-0.1, -0.05) is 35.7 Å². The van der Waals surface area contributed by atoms with E-state index in [-0.39, 0.29) is 31.3 Å². The van der Waals surface area contributed by atoms with Gasteiger partial charge in [-0.15, -0.1) is 6.42 Å². The maximum Gasteiger partial charge on any atom is 0.240 e. The summed E-state index contributed by atoms with van der Waals surface area (Å²) in [5, 5.41) is 7.15. The lowest BCUT2D eigenvalue weighted by Crippen LogP contribution is -2.20. The molecular weight excluding hydrogens is 378 g/mol. The monoisotopic (exact) mass is 397 g/mol. The highest BCUT2D eigenvalue weighted by Gasteiger charge is 2.08. The summed E-state index contributed by atoms with van der Waals surface area (Å²) in [6.45, 7) is 2.01. The van der Waals surface area contributed by atoms with E-state index in [1.807, 2.05) is 25.1 Å². The number of terminal acetylenes is 1. The van der Waals surface area contributed by atoms with Gasteiger partial charge in [0.1, 0.15) is 12.4 Å². The van der Waals surface area contributed by atoms with Crippen LogP contribution in [0.4, 0.5) is 5.69 Å². The van der Waals surface area contributed by atoms with Gasteiger partial charge in [0.2, 0.25) is 11.8 Å². The van der Waals surface area contributed by atoms with E-state index in [0.29, 0.717) is 22.0 Å². The van der Waals surface area contributed by atoms with E-state index in [4.69, 9.17) is 22.8 Å². The van der Waals surface area contributed by atoms with Crippen LogP contribution in [0.5, 0.6) is 5.75 Å². The summed E-state index contributed by atoms with van der Waals surface area (Å²) in [7, 11) is 0. The number of benzene rings is 2. The first-order valence-electron chi connectivity index (χ1n) is 8.53. The molecule has 0 atom stereocenters. The Bertz CT molecular complexity index is 919. The molecule has 2 rings (SSSR count). The van der Waals surface area contributed by atoms with E-state index < -0.39 is 0 Å². The number of carbonyl (C=O) groups excluding carboxylic acids is 2. The summed E-state index contributed by atoms with van der Waals surface area (Å²) in [6, 6.07) is 12.4. The second kappa shape index (κ2) is 10.8. The molecular formula is C21H20ClN3O3. The molecule has 7 heteroatoms. The van der Waals surface area contributed by atoms with Crippen LogP contribution in [0.1, 0.15) is 24.0 Å². The average molecular weight is 398 g/mol. The van der Waals surface area contributed by atoms with Crippen molar-refractivity contribution in [1.82, 2.24) is 5.43 Å². The number of nitrogens with zero attached hydrogens (tertiary/aromatic N) is 1. The fourth-order valence-corrected chi connectivity index (χ4v) is 2.37. The first kappa shape index (κ1) is 21.0. The Morgan fingerprint density at radius 1 is 1.21 bits per heavy atom. The Morgan fingerprint density at radius 3 is 2.71 bits per heavy atom. The summed E-state index contributed by atoms with van der Waals surface area (Å²) >= 11 is 6.02. The van der Waals surface area contributed by atoms with Crippen LogP contribution < -0.4 is 15.5 Å². The van der Waals surface area contributed by atoms with Gasteiger partial charge in [-0.25, -0.2) is 5.43 Å². The van der Waals surface area contributed by atoms with Gasteiger partial charge in [0.25, 0.3) is 0 Å². The van der Waals surface area contributed by atoms with Crippen LogP contribution in [0.15, 0.2) is 47.6 Å². The number of nitrogens with one attached hydrogen (secondary N) is 2. The van der Waals surface area contributed by atoms with Gasteiger partial charge < -0.3 is 10.1 Å². The van der Waals surface area contributed by atoms with Crippen molar-refractivity contribution >= 4 is 35.3 Å². The number of para-hydroxylation sites is 1. The largest absolute Gasteiger partial charge is 0.480 e. The molecule has 0 radical (unpaired) electrons. The third kappa shape index (κ3) is 6.78. The minimum absolute atomic E-state index is 0.00198. The molecule has 2 amide bonds. The standard InChI is InChI=1S/C21H20ClN3O3/c1-3-12-28-19-7-5-4-6-16(19)14-23-25-21(27)11-10-20(26)24-17-9-8-15(2)18(22)13-17/h1,4-9,13-14H,10-12H2,2H3,(H,24,26)(H,25,27). The van der Waals surface area contributed by atoms with Crippen LogP contribution in [0, 0.1) is 19.3 Å². The Kier molecular flexibility index (Phi) is 8.07. The number of amides is 2. The lowest BCUT2D eigenvalue weighted by molar-refractivity contribution is -0.124. The molecule has 0 aliphatic carbocycles. The summed E-state index contributed by atoms with van der Waals surface area (Å²) in [5.74, 6) is 2.29. The van der Waals surface area contributed by atoms with Gasteiger partial charge in [-0.2, -0.15) is 5.10 Å². The SMILES string of the molecule is C#CCOc1ccccc1C=NNC(=O)CCC(=O)Nc1ccc(C)c(Cl)c1. The number of halogens is 1. The Hall–Kier alpha value is -3.30. The van der Waals surface area contributed by atoms with Gasteiger partial charge in [0.15, 0.2) is 0 Å². The number of hydrazone groups is 1. The molecule has 0 heterocycles. The van der Waals surface area contributed by atoms with Crippen molar-refractivity contribution in [3.05, 3.63) is 58.6 Å². The fraction of sp³-hybridized carbons (Fsp3) is 0.190. The topological polar surface area (TPSA) is 79.8 Å². The molecule has 2 aromatic carbocycles. The van der Waals surface area contributed by atoms with E-state index in [9.17, 15) is 9.59 Å². The van der Waals surface area contributed by atoms with E-state index >= 15 is 0 Å². The minimum atomic E-state index is -0.379. The third-order valence-electron chi connectivity index (χ3n) is 3.66. The molecule has 0 saturated heterocycles. The molecule has 6 nitrogen and oxygen atoms in total. The summed E-state index contributed by atoms with van der Waals surface area (Å²) < 4.78 is 5.39. The molecule has 2 aromatic rings. The number of hydrogen-bond acceptors (Lipinski definition) is 4. The van der Waals surface area contributed by atoms with Crippen LogP contribution in [0.3, 0.4) is 0 Å². The molecule has 0 saturated carbocycles.